The van der Waals surface area contributed by atoms with Crippen LogP contribution in [0.4, 0.5) is 0 Å². The molecule has 5 heteroatoms. The third kappa shape index (κ3) is 5.35. The van der Waals surface area contributed by atoms with Gasteiger partial charge in [-0.05, 0) is 58.8 Å². The van der Waals surface area contributed by atoms with Gasteiger partial charge in [0.05, 0.1) is 6.54 Å². The molecule has 0 radical (unpaired) electrons. The Morgan fingerprint density at radius 1 is 1.00 bits per heavy atom. The summed E-state index contributed by atoms with van der Waals surface area (Å²) in [4.78, 5) is 12.6. The highest BCUT2D eigenvalue weighted by Crippen LogP contribution is 2.18. The molecule has 0 spiro atoms. The molecule has 2 aliphatic heterocycles. The van der Waals surface area contributed by atoms with Gasteiger partial charge in [0.25, 0.3) is 0 Å². The quantitative estimate of drug-likeness (QED) is 0.571. The maximum absolute atomic E-state index is 5.00. The number of piperidine rings is 1. The van der Waals surface area contributed by atoms with Crippen LogP contribution in [0.1, 0.15) is 52.9 Å². The van der Waals surface area contributed by atoms with E-state index in [1.165, 1.54) is 51.7 Å². The van der Waals surface area contributed by atoms with E-state index in [1.54, 1.807) is 0 Å². The first-order chi connectivity index (χ1) is 11.7. The molecular formula is C19H39N5. The van der Waals surface area contributed by atoms with E-state index in [2.05, 4.69) is 47.8 Å². The number of guanidine groups is 1. The molecule has 0 aromatic rings. The molecule has 2 atom stereocenters. The lowest BCUT2D eigenvalue weighted by molar-refractivity contribution is 0.161. The number of nitrogens with zero attached hydrogens (tertiary/aromatic N) is 4. The van der Waals surface area contributed by atoms with E-state index in [0.717, 1.165) is 32.1 Å². The second-order valence-electron chi connectivity index (χ2n) is 7.28. The van der Waals surface area contributed by atoms with Crippen LogP contribution in [-0.4, -0.2) is 85.6 Å². The Labute approximate surface area is 149 Å². The summed E-state index contributed by atoms with van der Waals surface area (Å²) in [5.74, 6) is 1.09. The summed E-state index contributed by atoms with van der Waals surface area (Å²) < 4.78 is 0. The van der Waals surface area contributed by atoms with Crippen LogP contribution in [-0.2, 0) is 0 Å². The fraction of sp³-hybridized carbons (Fsp3) is 0.947. The number of hydrogen-bond acceptors (Lipinski definition) is 3. The van der Waals surface area contributed by atoms with Crippen molar-refractivity contribution in [2.45, 2.75) is 65.0 Å². The lowest BCUT2D eigenvalue weighted by Crippen LogP contribution is -2.47. The predicted molar refractivity (Wildman–Crippen MR) is 104 cm³/mol. The molecule has 24 heavy (non-hydrogen) atoms. The van der Waals surface area contributed by atoms with Crippen LogP contribution in [0.25, 0.3) is 0 Å². The topological polar surface area (TPSA) is 34.1 Å². The Morgan fingerprint density at radius 2 is 1.67 bits per heavy atom. The second-order valence-corrected chi connectivity index (χ2v) is 7.28. The van der Waals surface area contributed by atoms with Crippen LogP contribution in [0.3, 0.4) is 0 Å². The number of aliphatic imine (C=N–C) groups is 1. The van der Waals surface area contributed by atoms with Gasteiger partial charge in [0.2, 0.25) is 0 Å². The summed E-state index contributed by atoms with van der Waals surface area (Å²) in [5, 5.41) is 3.50. The molecule has 0 aromatic carbocycles. The number of nitrogens with one attached hydrogen (secondary N) is 1. The highest BCUT2D eigenvalue weighted by molar-refractivity contribution is 5.79. The normalized spacial score (nSPS) is 26.8. The fourth-order valence-corrected chi connectivity index (χ4v) is 4.27. The Bertz CT molecular complexity index is 384. The van der Waals surface area contributed by atoms with Crippen molar-refractivity contribution in [3.05, 3.63) is 0 Å². The molecule has 2 fully saturated rings. The lowest BCUT2D eigenvalue weighted by Gasteiger charge is -2.34. The van der Waals surface area contributed by atoms with Crippen LogP contribution in [0.5, 0.6) is 0 Å². The first kappa shape index (κ1) is 19.5. The molecule has 1 N–H and O–H groups in total. The number of likely N-dealkylation sites (N-methyl/N-ethyl adjacent to an activating group) is 3. The van der Waals surface area contributed by atoms with Gasteiger partial charge in [-0.15, -0.1) is 0 Å². The monoisotopic (exact) mass is 337 g/mol. The third-order valence-electron chi connectivity index (χ3n) is 5.69. The lowest BCUT2D eigenvalue weighted by atomic mass is 10.0. The van der Waals surface area contributed by atoms with Gasteiger partial charge < -0.3 is 10.2 Å². The van der Waals surface area contributed by atoms with Gasteiger partial charge in [-0.25, -0.2) is 0 Å². The minimum atomic E-state index is 0.629. The summed E-state index contributed by atoms with van der Waals surface area (Å²) in [6.45, 7) is 14.5. The molecule has 140 valence electrons. The molecule has 2 saturated heterocycles. The van der Waals surface area contributed by atoms with Gasteiger partial charge in [0.1, 0.15) is 0 Å². The van der Waals surface area contributed by atoms with Crippen LogP contribution < -0.4 is 5.32 Å². The summed E-state index contributed by atoms with van der Waals surface area (Å²) in [6, 6.07) is 1.31. The number of hydrogen-bond donors (Lipinski definition) is 1. The first-order valence-corrected chi connectivity index (χ1v) is 10.2. The number of likely N-dealkylation sites (tertiary alicyclic amines) is 2. The SMILES string of the molecule is CCNC(=NCC1CCCCN1CC)N(C)CC1CCCN1CC. The largest absolute Gasteiger partial charge is 0.357 e. The van der Waals surface area contributed by atoms with Crippen LogP contribution >= 0.6 is 0 Å². The predicted octanol–water partition coefficient (Wildman–Crippen LogP) is 2.24. The molecule has 5 nitrogen and oxygen atoms in total. The Kier molecular flexibility index (Phi) is 8.33. The van der Waals surface area contributed by atoms with E-state index >= 15 is 0 Å². The molecule has 0 aliphatic carbocycles. The maximum Gasteiger partial charge on any atom is 0.193 e. The Hall–Kier alpha value is -0.810. The van der Waals surface area contributed by atoms with E-state index in [9.17, 15) is 0 Å². The summed E-state index contributed by atoms with van der Waals surface area (Å²) in [7, 11) is 2.20. The van der Waals surface area contributed by atoms with Crippen molar-refractivity contribution in [1.29, 1.82) is 0 Å². The van der Waals surface area contributed by atoms with Gasteiger partial charge in [-0.3, -0.25) is 14.8 Å². The van der Waals surface area contributed by atoms with Crippen LogP contribution in [0, 0.1) is 0 Å². The number of rotatable bonds is 7. The van der Waals surface area contributed by atoms with Gasteiger partial charge in [0.15, 0.2) is 5.96 Å². The van der Waals surface area contributed by atoms with Crippen LogP contribution in [0.15, 0.2) is 4.99 Å². The maximum atomic E-state index is 5.00. The van der Waals surface area contributed by atoms with E-state index in [4.69, 9.17) is 4.99 Å². The first-order valence-electron chi connectivity index (χ1n) is 10.2. The molecule has 2 rings (SSSR count). The highest BCUT2D eigenvalue weighted by atomic mass is 15.3. The summed E-state index contributed by atoms with van der Waals surface area (Å²) in [6.07, 6.45) is 6.67. The summed E-state index contributed by atoms with van der Waals surface area (Å²) in [5.41, 5.74) is 0. The minimum absolute atomic E-state index is 0.629. The van der Waals surface area contributed by atoms with E-state index < -0.39 is 0 Å². The van der Waals surface area contributed by atoms with Crippen molar-refractivity contribution in [3.8, 4) is 0 Å². The molecule has 0 bridgehead atoms. The van der Waals surface area contributed by atoms with Crippen molar-refractivity contribution in [3.63, 3.8) is 0 Å². The molecule has 2 unspecified atom stereocenters. The minimum Gasteiger partial charge on any atom is -0.357 e. The molecular weight excluding hydrogens is 298 g/mol. The highest BCUT2D eigenvalue weighted by Gasteiger charge is 2.25. The van der Waals surface area contributed by atoms with Gasteiger partial charge in [-0.1, -0.05) is 20.3 Å². The summed E-state index contributed by atoms with van der Waals surface area (Å²) >= 11 is 0. The van der Waals surface area contributed by atoms with Gasteiger partial charge in [0, 0.05) is 32.2 Å². The van der Waals surface area contributed by atoms with Crippen molar-refractivity contribution >= 4 is 5.96 Å². The van der Waals surface area contributed by atoms with Crippen molar-refractivity contribution in [1.82, 2.24) is 20.0 Å². The van der Waals surface area contributed by atoms with Gasteiger partial charge >= 0.3 is 0 Å². The van der Waals surface area contributed by atoms with E-state index in [1.807, 2.05) is 0 Å². The van der Waals surface area contributed by atoms with Crippen molar-refractivity contribution in [2.75, 3.05) is 52.9 Å². The molecule has 2 aliphatic rings. The van der Waals surface area contributed by atoms with Gasteiger partial charge in [-0.2, -0.15) is 0 Å². The Balaban J connectivity index is 1.93. The van der Waals surface area contributed by atoms with E-state index in [-0.39, 0.29) is 0 Å². The van der Waals surface area contributed by atoms with Crippen molar-refractivity contribution in [2.24, 2.45) is 4.99 Å². The molecule has 0 aromatic heterocycles. The zero-order valence-corrected chi connectivity index (χ0v) is 16.4. The fourth-order valence-electron chi connectivity index (χ4n) is 4.27. The average molecular weight is 338 g/mol. The van der Waals surface area contributed by atoms with Crippen LogP contribution in [0.2, 0.25) is 0 Å². The van der Waals surface area contributed by atoms with Crippen molar-refractivity contribution < 1.29 is 0 Å². The smallest absolute Gasteiger partial charge is 0.193 e. The zero-order chi connectivity index (χ0) is 17.4. The molecule has 0 amide bonds. The molecule has 2 heterocycles. The standard InChI is InChI=1S/C19H39N5/c1-5-20-19(21-15-17-11-8-9-13-23(17)6-2)22(4)16-18-12-10-14-24(18)7-3/h17-18H,5-16H2,1-4H3,(H,20,21). The molecule has 0 saturated carbocycles. The zero-order valence-electron chi connectivity index (χ0n) is 16.4. The second kappa shape index (κ2) is 10.2. The van der Waals surface area contributed by atoms with E-state index in [0.29, 0.717) is 12.1 Å². The average Bonchev–Trinajstić information content (AvgIpc) is 3.05. The Morgan fingerprint density at radius 3 is 2.38 bits per heavy atom. The third-order valence-corrected chi connectivity index (χ3v) is 5.69.